The zero-order valence-electron chi connectivity index (χ0n) is 9.36. The van der Waals surface area contributed by atoms with Gasteiger partial charge in [0.15, 0.2) is 5.75 Å². The Morgan fingerprint density at radius 3 is 2.86 bits per heavy atom. The van der Waals surface area contributed by atoms with E-state index in [9.17, 15) is 0 Å². The van der Waals surface area contributed by atoms with Crippen LogP contribution in [0.25, 0.3) is 0 Å². The van der Waals surface area contributed by atoms with E-state index in [4.69, 9.17) is 4.74 Å². The molecule has 1 rings (SSSR count). The molecule has 0 aliphatic carbocycles. The molecular formula is C11H20N2O. The maximum absolute atomic E-state index is 5.62. The van der Waals surface area contributed by atoms with E-state index in [1.54, 1.807) is 6.20 Å². The van der Waals surface area contributed by atoms with Crippen molar-refractivity contribution in [3.05, 3.63) is 12.4 Å². The minimum absolute atomic E-state index is 0.630. The van der Waals surface area contributed by atoms with Gasteiger partial charge in [-0.3, -0.25) is 4.68 Å². The van der Waals surface area contributed by atoms with Crippen molar-refractivity contribution in [1.82, 2.24) is 9.78 Å². The molecule has 0 N–H and O–H groups in total. The molecule has 0 aromatic carbocycles. The zero-order chi connectivity index (χ0) is 10.4. The van der Waals surface area contributed by atoms with Gasteiger partial charge in [0.25, 0.3) is 0 Å². The van der Waals surface area contributed by atoms with Crippen LogP contribution >= 0.6 is 0 Å². The van der Waals surface area contributed by atoms with Crippen molar-refractivity contribution in [3.63, 3.8) is 0 Å². The first-order valence-corrected chi connectivity index (χ1v) is 5.41. The van der Waals surface area contributed by atoms with Crippen LogP contribution in [-0.2, 0) is 6.54 Å². The summed E-state index contributed by atoms with van der Waals surface area (Å²) in [5, 5.41) is 4.15. The summed E-state index contributed by atoms with van der Waals surface area (Å²) in [5.41, 5.74) is 0. The monoisotopic (exact) mass is 196 g/mol. The molecule has 0 spiro atoms. The topological polar surface area (TPSA) is 27.1 Å². The van der Waals surface area contributed by atoms with Gasteiger partial charge >= 0.3 is 0 Å². The number of aromatic nitrogens is 2. The van der Waals surface area contributed by atoms with Gasteiger partial charge < -0.3 is 4.74 Å². The molecule has 0 bridgehead atoms. The zero-order valence-corrected chi connectivity index (χ0v) is 9.36. The van der Waals surface area contributed by atoms with Gasteiger partial charge in [-0.25, -0.2) is 0 Å². The summed E-state index contributed by atoms with van der Waals surface area (Å²) in [5.74, 6) is 1.51. The predicted octanol–water partition coefficient (Wildman–Crippen LogP) is 2.72. The highest BCUT2D eigenvalue weighted by Crippen LogP contribution is 2.11. The third-order valence-electron chi connectivity index (χ3n) is 2.25. The van der Waals surface area contributed by atoms with Crippen molar-refractivity contribution < 1.29 is 4.74 Å². The van der Waals surface area contributed by atoms with E-state index in [0.29, 0.717) is 5.92 Å². The molecule has 0 amide bonds. The Morgan fingerprint density at radius 1 is 1.50 bits per heavy atom. The number of aryl methyl sites for hydroxylation is 1. The maximum Gasteiger partial charge on any atom is 0.157 e. The van der Waals surface area contributed by atoms with E-state index in [0.717, 1.165) is 18.9 Å². The first-order chi connectivity index (χ1) is 6.76. The molecule has 3 nitrogen and oxygen atoms in total. The van der Waals surface area contributed by atoms with Crippen molar-refractivity contribution >= 4 is 0 Å². The van der Waals surface area contributed by atoms with Gasteiger partial charge in [0.2, 0.25) is 0 Å². The SMILES string of the molecule is CCCC(C)COc1cnn(CC)c1. The van der Waals surface area contributed by atoms with Crippen LogP contribution in [0.2, 0.25) is 0 Å². The molecule has 1 aromatic heterocycles. The molecule has 1 heterocycles. The van der Waals surface area contributed by atoms with Crippen molar-refractivity contribution in [2.75, 3.05) is 6.61 Å². The minimum atomic E-state index is 0.630. The van der Waals surface area contributed by atoms with Crippen LogP contribution in [0.4, 0.5) is 0 Å². The van der Waals surface area contributed by atoms with Gasteiger partial charge in [0.05, 0.1) is 19.0 Å². The summed E-state index contributed by atoms with van der Waals surface area (Å²) in [4.78, 5) is 0. The highest BCUT2D eigenvalue weighted by Gasteiger charge is 2.03. The molecule has 3 heteroatoms. The Bertz CT molecular complexity index is 258. The number of nitrogens with zero attached hydrogens (tertiary/aromatic N) is 2. The van der Waals surface area contributed by atoms with Gasteiger partial charge in [0.1, 0.15) is 0 Å². The first kappa shape index (κ1) is 11.1. The van der Waals surface area contributed by atoms with Gasteiger partial charge in [-0.2, -0.15) is 5.10 Å². The van der Waals surface area contributed by atoms with Gasteiger partial charge in [-0.1, -0.05) is 20.3 Å². The first-order valence-electron chi connectivity index (χ1n) is 5.41. The summed E-state index contributed by atoms with van der Waals surface area (Å²) in [7, 11) is 0. The third kappa shape index (κ3) is 3.40. The van der Waals surface area contributed by atoms with Gasteiger partial charge in [-0.15, -0.1) is 0 Å². The summed E-state index contributed by atoms with van der Waals surface area (Å²) in [6.07, 6.45) is 6.17. The Hall–Kier alpha value is -0.990. The second-order valence-electron chi connectivity index (χ2n) is 3.74. The van der Waals surface area contributed by atoms with E-state index in [2.05, 4.69) is 25.9 Å². The lowest BCUT2D eigenvalue weighted by molar-refractivity contribution is 0.251. The molecule has 1 atom stereocenters. The second-order valence-corrected chi connectivity index (χ2v) is 3.74. The molecule has 80 valence electrons. The molecule has 0 saturated heterocycles. The van der Waals surface area contributed by atoms with Crippen LogP contribution in [0.5, 0.6) is 5.75 Å². The van der Waals surface area contributed by atoms with E-state index in [-0.39, 0.29) is 0 Å². The van der Waals surface area contributed by atoms with E-state index in [1.807, 2.05) is 10.9 Å². The number of hydrogen-bond donors (Lipinski definition) is 0. The lowest BCUT2D eigenvalue weighted by Crippen LogP contribution is -2.07. The molecule has 1 unspecified atom stereocenters. The Labute approximate surface area is 86.1 Å². The molecule has 0 radical (unpaired) electrons. The smallest absolute Gasteiger partial charge is 0.157 e. The summed E-state index contributed by atoms with van der Waals surface area (Å²) < 4.78 is 7.49. The van der Waals surface area contributed by atoms with Crippen molar-refractivity contribution in [1.29, 1.82) is 0 Å². The molecule has 0 aliphatic heterocycles. The fourth-order valence-corrected chi connectivity index (χ4v) is 1.41. The van der Waals surface area contributed by atoms with Crippen molar-refractivity contribution in [2.24, 2.45) is 5.92 Å². The molecule has 0 fully saturated rings. The Morgan fingerprint density at radius 2 is 2.29 bits per heavy atom. The maximum atomic E-state index is 5.62. The summed E-state index contributed by atoms with van der Waals surface area (Å²) in [6.45, 7) is 8.17. The molecule has 1 aromatic rings. The van der Waals surface area contributed by atoms with Crippen molar-refractivity contribution in [3.8, 4) is 5.75 Å². The number of rotatable bonds is 6. The van der Waals surface area contributed by atoms with Crippen molar-refractivity contribution in [2.45, 2.75) is 40.2 Å². The predicted molar refractivity (Wildman–Crippen MR) is 57.5 cm³/mol. The highest BCUT2D eigenvalue weighted by atomic mass is 16.5. The molecule has 14 heavy (non-hydrogen) atoms. The normalized spacial score (nSPS) is 12.8. The lowest BCUT2D eigenvalue weighted by atomic mass is 10.1. The van der Waals surface area contributed by atoms with Crippen LogP contribution in [0.3, 0.4) is 0 Å². The van der Waals surface area contributed by atoms with E-state index in [1.165, 1.54) is 12.8 Å². The third-order valence-corrected chi connectivity index (χ3v) is 2.25. The average Bonchev–Trinajstić information content (AvgIpc) is 2.63. The highest BCUT2D eigenvalue weighted by molar-refractivity contribution is 5.11. The Balaban J connectivity index is 2.30. The van der Waals surface area contributed by atoms with Crippen LogP contribution < -0.4 is 4.74 Å². The van der Waals surface area contributed by atoms with Crippen LogP contribution in [0.15, 0.2) is 12.4 Å². The Kier molecular flexibility index (Phi) is 4.50. The van der Waals surface area contributed by atoms with E-state index < -0.39 is 0 Å². The molecular weight excluding hydrogens is 176 g/mol. The van der Waals surface area contributed by atoms with Crippen LogP contribution in [-0.4, -0.2) is 16.4 Å². The lowest BCUT2D eigenvalue weighted by Gasteiger charge is -2.09. The molecule has 0 saturated carbocycles. The van der Waals surface area contributed by atoms with Crippen LogP contribution in [0, 0.1) is 5.92 Å². The average molecular weight is 196 g/mol. The largest absolute Gasteiger partial charge is 0.490 e. The number of hydrogen-bond acceptors (Lipinski definition) is 2. The quantitative estimate of drug-likeness (QED) is 0.699. The van der Waals surface area contributed by atoms with Gasteiger partial charge in [0, 0.05) is 6.54 Å². The van der Waals surface area contributed by atoms with Crippen LogP contribution in [0.1, 0.15) is 33.6 Å². The fraction of sp³-hybridized carbons (Fsp3) is 0.727. The number of ether oxygens (including phenoxy) is 1. The second kappa shape index (κ2) is 5.68. The van der Waals surface area contributed by atoms with E-state index >= 15 is 0 Å². The molecule has 0 aliphatic rings. The minimum Gasteiger partial charge on any atom is -0.490 e. The summed E-state index contributed by atoms with van der Waals surface area (Å²) in [6, 6.07) is 0. The standard InChI is InChI=1S/C11H20N2O/c1-4-6-10(3)9-14-11-7-12-13(5-2)8-11/h7-8,10H,4-6,9H2,1-3H3. The van der Waals surface area contributed by atoms with Gasteiger partial charge in [-0.05, 0) is 19.3 Å². The summed E-state index contributed by atoms with van der Waals surface area (Å²) >= 11 is 0. The fourth-order valence-electron chi connectivity index (χ4n) is 1.41.